The molecule has 0 amide bonds. The van der Waals surface area contributed by atoms with Gasteiger partial charge in [-0.1, -0.05) is 48.5 Å². The number of quaternary nitrogens is 1. The number of hydrogen-bond acceptors (Lipinski definition) is 1. The summed E-state index contributed by atoms with van der Waals surface area (Å²) in [6, 6.07) is 21.7. The van der Waals surface area contributed by atoms with Gasteiger partial charge in [-0.25, -0.2) is 4.98 Å². The van der Waals surface area contributed by atoms with E-state index in [1.54, 1.807) is 0 Å². The number of H-pyrrole nitrogens is 1. The maximum absolute atomic E-state index is 3.58. The van der Waals surface area contributed by atoms with Crippen LogP contribution >= 0.6 is 0 Å². The topological polar surface area (TPSA) is 30.6 Å². The van der Waals surface area contributed by atoms with Gasteiger partial charge in [-0.2, -0.15) is 0 Å². The average molecular weight is 307 g/mol. The Morgan fingerprint density at radius 1 is 1.00 bits per heavy atom. The number of fused-ring (bicyclic) bond motifs is 1. The van der Waals surface area contributed by atoms with E-state index in [0.29, 0.717) is 6.04 Å². The van der Waals surface area contributed by atoms with Crippen LogP contribution in [0.2, 0.25) is 0 Å². The number of nitrogens with one attached hydrogen (secondary N) is 3. The molecule has 0 radical (unpaired) electrons. The second kappa shape index (κ2) is 6.80. The number of pyridine rings is 1. The van der Waals surface area contributed by atoms with Crippen LogP contribution in [-0.2, 0) is 0 Å². The minimum atomic E-state index is 0.413. The zero-order chi connectivity index (χ0) is 16.2. The Kier molecular flexibility index (Phi) is 4.58. The number of rotatable bonds is 5. The Balaban J connectivity index is 1.81. The number of hydrogen-bond donors (Lipinski definition) is 2. The number of aryl methyl sites for hydroxylation is 1. The molecule has 23 heavy (non-hydrogen) atoms. The van der Waals surface area contributed by atoms with Crippen LogP contribution in [0.4, 0.5) is 5.82 Å². The zero-order valence-electron chi connectivity index (χ0n) is 14.1. The van der Waals surface area contributed by atoms with Gasteiger partial charge in [-0.15, -0.1) is 0 Å². The van der Waals surface area contributed by atoms with Crippen LogP contribution in [0.25, 0.3) is 10.9 Å². The molecular formula is C20H25N3+2. The molecule has 0 unspecified atom stereocenters. The lowest BCUT2D eigenvalue weighted by Gasteiger charge is -2.20. The Bertz CT molecular complexity index is 781. The molecule has 3 N–H and O–H groups in total. The van der Waals surface area contributed by atoms with Gasteiger partial charge in [0, 0.05) is 17.0 Å². The van der Waals surface area contributed by atoms with E-state index >= 15 is 0 Å². The minimum absolute atomic E-state index is 0.413. The van der Waals surface area contributed by atoms with Crippen molar-refractivity contribution in [3.63, 3.8) is 0 Å². The van der Waals surface area contributed by atoms with E-state index < -0.39 is 0 Å². The highest BCUT2D eigenvalue weighted by Gasteiger charge is 2.20. The van der Waals surface area contributed by atoms with Crippen molar-refractivity contribution in [2.75, 3.05) is 26.0 Å². The second-order valence-electron chi connectivity index (χ2n) is 6.33. The number of benzene rings is 2. The summed E-state index contributed by atoms with van der Waals surface area (Å²) in [5, 5.41) is 4.86. The molecule has 0 fully saturated rings. The van der Waals surface area contributed by atoms with Crippen molar-refractivity contribution in [1.82, 2.24) is 0 Å². The Morgan fingerprint density at radius 2 is 1.70 bits per heavy atom. The SMILES string of the molecule is Cc1cc(NC[C@@H](c2ccccc2)[NH+](C)C)[nH+]c2ccccc12. The predicted molar refractivity (Wildman–Crippen MR) is 95.7 cm³/mol. The third-order valence-electron chi connectivity index (χ3n) is 4.38. The van der Waals surface area contributed by atoms with Gasteiger partial charge in [0.05, 0.1) is 14.1 Å². The normalized spacial score (nSPS) is 12.5. The Hall–Kier alpha value is -2.39. The molecule has 3 heteroatoms. The number of aromatic nitrogens is 1. The van der Waals surface area contributed by atoms with Gasteiger partial charge in [-0.3, -0.25) is 5.32 Å². The van der Waals surface area contributed by atoms with E-state index in [1.807, 2.05) is 0 Å². The summed E-state index contributed by atoms with van der Waals surface area (Å²) in [5.41, 5.74) is 3.82. The molecule has 0 spiro atoms. The van der Waals surface area contributed by atoms with Crippen molar-refractivity contribution in [3.05, 3.63) is 71.8 Å². The Morgan fingerprint density at radius 3 is 2.43 bits per heavy atom. The van der Waals surface area contributed by atoms with E-state index in [9.17, 15) is 0 Å². The van der Waals surface area contributed by atoms with Crippen LogP contribution in [0.3, 0.4) is 0 Å². The van der Waals surface area contributed by atoms with E-state index in [1.165, 1.54) is 26.9 Å². The lowest BCUT2D eigenvalue weighted by molar-refractivity contribution is -0.890. The monoisotopic (exact) mass is 307 g/mol. The molecule has 118 valence electrons. The quantitative estimate of drug-likeness (QED) is 0.744. The first-order valence-electron chi connectivity index (χ1n) is 8.15. The maximum atomic E-state index is 3.58. The molecule has 0 aliphatic rings. The highest BCUT2D eigenvalue weighted by molar-refractivity contribution is 5.79. The molecule has 2 aromatic carbocycles. The van der Waals surface area contributed by atoms with Gasteiger partial charge in [-0.05, 0) is 18.6 Å². The molecular weight excluding hydrogens is 282 g/mol. The molecule has 0 aliphatic heterocycles. The summed E-state index contributed by atoms with van der Waals surface area (Å²) in [4.78, 5) is 4.91. The summed E-state index contributed by atoms with van der Waals surface area (Å²) < 4.78 is 0. The van der Waals surface area contributed by atoms with E-state index in [-0.39, 0.29) is 0 Å². The highest BCUT2D eigenvalue weighted by atomic mass is 15.1. The van der Waals surface area contributed by atoms with E-state index in [4.69, 9.17) is 0 Å². The van der Waals surface area contributed by atoms with Crippen LogP contribution in [0, 0.1) is 6.92 Å². The molecule has 0 bridgehead atoms. The highest BCUT2D eigenvalue weighted by Crippen LogP contribution is 2.17. The number of anilines is 1. The van der Waals surface area contributed by atoms with Crippen molar-refractivity contribution >= 4 is 16.7 Å². The summed E-state index contributed by atoms with van der Waals surface area (Å²) in [6.45, 7) is 3.05. The van der Waals surface area contributed by atoms with Crippen molar-refractivity contribution < 1.29 is 9.88 Å². The second-order valence-corrected chi connectivity index (χ2v) is 6.33. The largest absolute Gasteiger partial charge is 0.330 e. The number of para-hydroxylation sites is 1. The van der Waals surface area contributed by atoms with Crippen molar-refractivity contribution in [2.24, 2.45) is 0 Å². The summed E-state index contributed by atoms with van der Waals surface area (Å²) in [7, 11) is 4.41. The molecule has 0 saturated heterocycles. The van der Waals surface area contributed by atoms with Crippen LogP contribution in [0.5, 0.6) is 0 Å². The van der Waals surface area contributed by atoms with Crippen molar-refractivity contribution in [2.45, 2.75) is 13.0 Å². The predicted octanol–water partition coefficient (Wildman–Crippen LogP) is 2.26. The maximum Gasteiger partial charge on any atom is 0.273 e. The smallest absolute Gasteiger partial charge is 0.273 e. The fourth-order valence-electron chi connectivity index (χ4n) is 3.06. The van der Waals surface area contributed by atoms with E-state index in [2.05, 4.69) is 92.0 Å². The van der Waals surface area contributed by atoms with Gasteiger partial charge in [0.15, 0.2) is 6.04 Å². The van der Waals surface area contributed by atoms with Crippen molar-refractivity contribution in [1.29, 1.82) is 0 Å². The summed E-state index contributed by atoms with van der Waals surface area (Å²) >= 11 is 0. The average Bonchev–Trinajstić information content (AvgIpc) is 2.56. The molecule has 1 aromatic heterocycles. The summed E-state index contributed by atoms with van der Waals surface area (Å²) in [5.74, 6) is 1.07. The molecule has 1 heterocycles. The minimum Gasteiger partial charge on any atom is -0.330 e. The molecule has 0 aliphatic carbocycles. The standard InChI is InChI=1S/C20H23N3/c1-15-13-20(22-18-12-8-7-11-17(15)18)21-14-19(23(2)3)16-9-5-4-6-10-16/h4-13,19H,14H2,1-3H3,(H,21,22)/p+2/t19-/m0/s1. The van der Waals surface area contributed by atoms with Crippen LogP contribution in [0.1, 0.15) is 17.2 Å². The van der Waals surface area contributed by atoms with Crippen LogP contribution < -0.4 is 15.2 Å². The van der Waals surface area contributed by atoms with Gasteiger partial charge in [0.1, 0.15) is 12.1 Å². The first-order valence-corrected chi connectivity index (χ1v) is 8.15. The number of aromatic amines is 1. The van der Waals surface area contributed by atoms with Gasteiger partial charge >= 0.3 is 0 Å². The van der Waals surface area contributed by atoms with Gasteiger partial charge in [0.25, 0.3) is 5.82 Å². The third-order valence-corrected chi connectivity index (χ3v) is 4.38. The molecule has 3 nitrogen and oxygen atoms in total. The van der Waals surface area contributed by atoms with Gasteiger partial charge < -0.3 is 4.90 Å². The molecule has 1 atom stereocenters. The van der Waals surface area contributed by atoms with E-state index in [0.717, 1.165) is 12.4 Å². The van der Waals surface area contributed by atoms with Crippen LogP contribution in [0.15, 0.2) is 60.7 Å². The molecule has 0 saturated carbocycles. The fourth-order valence-corrected chi connectivity index (χ4v) is 3.06. The molecule has 3 rings (SSSR count). The van der Waals surface area contributed by atoms with Crippen LogP contribution in [-0.4, -0.2) is 20.6 Å². The Labute approximate surface area is 138 Å². The summed E-state index contributed by atoms with van der Waals surface area (Å²) in [6.07, 6.45) is 0. The number of likely N-dealkylation sites (N-methyl/N-ethyl adjacent to an activating group) is 1. The fraction of sp³-hybridized carbons (Fsp3) is 0.250. The molecule has 3 aromatic rings. The van der Waals surface area contributed by atoms with Gasteiger partial charge in [0.2, 0.25) is 0 Å². The lowest BCUT2D eigenvalue weighted by Crippen LogP contribution is -3.06. The van der Waals surface area contributed by atoms with Crippen molar-refractivity contribution in [3.8, 4) is 0 Å². The zero-order valence-corrected chi connectivity index (χ0v) is 14.1. The first-order chi connectivity index (χ1) is 11.1. The lowest BCUT2D eigenvalue weighted by atomic mass is 10.1. The first kappa shape index (κ1) is 15.5. The third kappa shape index (κ3) is 3.51.